The summed E-state index contributed by atoms with van der Waals surface area (Å²) < 4.78 is 0. The molecule has 0 spiro atoms. The Morgan fingerprint density at radius 1 is 1.31 bits per heavy atom. The summed E-state index contributed by atoms with van der Waals surface area (Å²) in [5.41, 5.74) is 0.209. The fourth-order valence-corrected chi connectivity index (χ4v) is 0.960. The lowest BCUT2D eigenvalue weighted by Crippen LogP contribution is -2.19. The molecule has 0 saturated carbocycles. The second-order valence-corrected chi connectivity index (χ2v) is 4.47. The van der Waals surface area contributed by atoms with Gasteiger partial charge in [0.15, 0.2) is 11.0 Å². The van der Waals surface area contributed by atoms with Gasteiger partial charge in [0, 0.05) is 18.9 Å². The second kappa shape index (κ2) is 3.92. The number of rotatable bonds is 2. The van der Waals surface area contributed by atoms with Crippen molar-refractivity contribution in [3.05, 3.63) is 17.5 Å². The van der Waals surface area contributed by atoms with Crippen LogP contribution in [0.5, 0.6) is 0 Å². The summed E-state index contributed by atoms with van der Waals surface area (Å²) in [4.78, 5) is 8.00. The van der Waals surface area contributed by atoms with Crippen LogP contribution in [0.3, 0.4) is 0 Å². The van der Waals surface area contributed by atoms with Crippen LogP contribution in [0, 0.1) is 5.41 Å². The number of nitrogens with one attached hydrogen (secondary N) is 1. The Morgan fingerprint density at radius 2 is 1.92 bits per heavy atom. The summed E-state index contributed by atoms with van der Waals surface area (Å²) in [6.07, 6.45) is 3.20. The van der Waals surface area contributed by atoms with Gasteiger partial charge < -0.3 is 5.32 Å². The summed E-state index contributed by atoms with van der Waals surface area (Å²) in [6.45, 7) is 7.25. The van der Waals surface area contributed by atoms with Crippen LogP contribution in [0.15, 0.2) is 12.4 Å². The Bertz CT molecular complexity index is 280. The molecular formula is C9H14ClN3. The maximum absolute atomic E-state index is 5.82. The fraction of sp³-hybridized carbons (Fsp3) is 0.556. The van der Waals surface area contributed by atoms with Gasteiger partial charge in [-0.1, -0.05) is 32.4 Å². The predicted octanol–water partition coefficient (Wildman–Crippen LogP) is 2.59. The molecule has 1 rings (SSSR count). The van der Waals surface area contributed by atoms with Crippen molar-refractivity contribution < 1.29 is 0 Å². The Morgan fingerprint density at radius 3 is 2.46 bits per heavy atom. The first-order chi connectivity index (χ1) is 5.99. The average molecular weight is 200 g/mol. The van der Waals surface area contributed by atoms with Crippen molar-refractivity contribution in [3.63, 3.8) is 0 Å². The molecule has 0 fully saturated rings. The SMILES string of the molecule is CC(C)(C)CNc1nccnc1Cl. The zero-order valence-electron chi connectivity index (χ0n) is 8.13. The summed E-state index contributed by atoms with van der Waals surface area (Å²) in [5, 5.41) is 3.57. The standard InChI is InChI=1S/C9H14ClN3/c1-9(2,3)6-13-8-7(10)11-4-5-12-8/h4-5H,6H2,1-3H3,(H,12,13). The number of hydrogen-bond donors (Lipinski definition) is 1. The van der Waals surface area contributed by atoms with Gasteiger partial charge in [-0.15, -0.1) is 0 Å². The minimum absolute atomic E-state index is 0.209. The fourth-order valence-electron chi connectivity index (χ4n) is 0.789. The van der Waals surface area contributed by atoms with Crippen LogP contribution in [0.25, 0.3) is 0 Å². The highest BCUT2D eigenvalue weighted by atomic mass is 35.5. The van der Waals surface area contributed by atoms with E-state index in [1.165, 1.54) is 0 Å². The van der Waals surface area contributed by atoms with E-state index in [1.807, 2.05) is 0 Å². The molecule has 0 atom stereocenters. The van der Waals surface area contributed by atoms with E-state index in [0.29, 0.717) is 11.0 Å². The number of anilines is 1. The van der Waals surface area contributed by atoms with Crippen LogP contribution >= 0.6 is 11.6 Å². The van der Waals surface area contributed by atoms with E-state index in [-0.39, 0.29) is 5.41 Å². The molecule has 72 valence electrons. The molecular weight excluding hydrogens is 186 g/mol. The average Bonchev–Trinajstić information content (AvgIpc) is 2.01. The first kappa shape index (κ1) is 10.3. The molecule has 0 unspecified atom stereocenters. The zero-order valence-corrected chi connectivity index (χ0v) is 8.89. The normalized spacial score (nSPS) is 11.4. The predicted molar refractivity (Wildman–Crippen MR) is 55.0 cm³/mol. The Balaban J connectivity index is 2.60. The van der Waals surface area contributed by atoms with Gasteiger partial charge in [0.25, 0.3) is 0 Å². The summed E-state index contributed by atoms with van der Waals surface area (Å²) in [7, 11) is 0. The quantitative estimate of drug-likeness (QED) is 0.796. The van der Waals surface area contributed by atoms with E-state index in [0.717, 1.165) is 6.54 Å². The Hall–Kier alpha value is -0.830. The van der Waals surface area contributed by atoms with Crippen LogP contribution in [0.4, 0.5) is 5.82 Å². The molecule has 0 bridgehead atoms. The van der Waals surface area contributed by atoms with Crippen LogP contribution < -0.4 is 5.32 Å². The van der Waals surface area contributed by atoms with Crippen LogP contribution in [-0.4, -0.2) is 16.5 Å². The molecule has 13 heavy (non-hydrogen) atoms. The van der Waals surface area contributed by atoms with Gasteiger partial charge in [0.1, 0.15) is 0 Å². The van der Waals surface area contributed by atoms with Crippen molar-refractivity contribution >= 4 is 17.4 Å². The lowest BCUT2D eigenvalue weighted by Gasteiger charge is -2.19. The first-order valence-electron chi connectivity index (χ1n) is 4.19. The molecule has 1 aromatic rings. The summed E-state index contributed by atoms with van der Waals surface area (Å²) >= 11 is 5.82. The van der Waals surface area contributed by atoms with E-state index in [1.54, 1.807) is 12.4 Å². The molecule has 1 aromatic heterocycles. The van der Waals surface area contributed by atoms with Crippen molar-refractivity contribution in [1.29, 1.82) is 0 Å². The van der Waals surface area contributed by atoms with E-state index in [4.69, 9.17) is 11.6 Å². The van der Waals surface area contributed by atoms with Crippen molar-refractivity contribution in [2.75, 3.05) is 11.9 Å². The minimum Gasteiger partial charge on any atom is -0.367 e. The van der Waals surface area contributed by atoms with Crippen LogP contribution in [0.1, 0.15) is 20.8 Å². The molecule has 0 aliphatic carbocycles. The highest BCUT2D eigenvalue weighted by Crippen LogP contribution is 2.18. The van der Waals surface area contributed by atoms with Gasteiger partial charge in [-0.2, -0.15) is 0 Å². The van der Waals surface area contributed by atoms with Gasteiger partial charge in [-0.3, -0.25) is 0 Å². The Kier molecular flexibility index (Phi) is 3.09. The van der Waals surface area contributed by atoms with Gasteiger partial charge >= 0.3 is 0 Å². The number of nitrogens with zero attached hydrogens (tertiary/aromatic N) is 2. The molecule has 0 amide bonds. The molecule has 0 aliphatic rings. The minimum atomic E-state index is 0.209. The third-order valence-electron chi connectivity index (χ3n) is 1.44. The van der Waals surface area contributed by atoms with Crippen molar-refractivity contribution in [1.82, 2.24) is 9.97 Å². The lowest BCUT2D eigenvalue weighted by molar-refractivity contribution is 0.442. The van der Waals surface area contributed by atoms with Gasteiger partial charge in [0.05, 0.1) is 0 Å². The number of aromatic nitrogens is 2. The number of hydrogen-bond acceptors (Lipinski definition) is 3. The van der Waals surface area contributed by atoms with Crippen molar-refractivity contribution in [2.24, 2.45) is 5.41 Å². The molecule has 1 N–H and O–H groups in total. The molecule has 0 saturated heterocycles. The van der Waals surface area contributed by atoms with E-state index < -0.39 is 0 Å². The monoisotopic (exact) mass is 199 g/mol. The third-order valence-corrected chi connectivity index (χ3v) is 1.72. The molecule has 4 heteroatoms. The van der Waals surface area contributed by atoms with Crippen molar-refractivity contribution in [2.45, 2.75) is 20.8 Å². The largest absolute Gasteiger partial charge is 0.367 e. The maximum Gasteiger partial charge on any atom is 0.171 e. The van der Waals surface area contributed by atoms with Gasteiger partial charge in [-0.25, -0.2) is 9.97 Å². The molecule has 0 radical (unpaired) electrons. The zero-order chi connectivity index (χ0) is 9.90. The Labute approximate surface area is 83.5 Å². The molecule has 3 nitrogen and oxygen atoms in total. The maximum atomic E-state index is 5.82. The summed E-state index contributed by atoms with van der Waals surface area (Å²) in [6, 6.07) is 0. The lowest BCUT2D eigenvalue weighted by atomic mass is 9.97. The molecule has 1 heterocycles. The van der Waals surface area contributed by atoms with Crippen molar-refractivity contribution in [3.8, 4) is 0 Å². The van der Waals surface area contributed by atoms with E-state index >= 15 is 0 Å². The smallest absolute Gasteiger partial charge is 0.171 e. The third kappa shape index (κ3) is 3.59. The van der Waals surface area contributed by atoms with Gasteiger partial charge in [-0.05, 0) is 5.41 Å². The van der Waals surface area contributed by atoms with Gasteiger partial charge in [0.2, 0.25) is 0 Å². The first-order valence-corrected chi connectivity index (χ1v) is 4.57. The van der Waals surface area contributed by atoms with Crippen LogP contribution in [-0.2, 0) is 0 Å². The van der Waals surface area contributed by atoms with E-state index in [9.17, 15) is 0 Å². The second-order valence-electron chi connectivity index (χ2n) is 4.11. The van der Waals surface area contributed by atoms with Crippen LogP contribution in [0.2, 0.25) is 5.15 Å². The van der Waals surface area contributed by atoms with E-state index in [2.05, 4.69) is 36.1 Å². The summed E-state index contributed by atoms with van der Waals surface area (Å²) in [5.74, 6) is 0.652. The topological polar surface area (TPSA) is 37.8 Å². The molecule has 0 aliphatic heterocycles. The highest BCUT2D eigenvalue weighted by Gasteiger charge is 2.11. The molecule has 0 aromatic carbocycles. The highest BCUT2D eigenvalue weighted by molar-refractivity contribution is 6.31. The number of halogens is 1.